The molecule has 0 fully saturated rings. The summed E-state index contributed by atoms with van der Waals surface area (Å²) in [7, 11) is -3.74. The Hall–Kier alpha value is -1.41. The molecule has 0 spiro atoms. The van der Waals surface area contributed by atoms with Crippen molar-refractivity contribution in [3.8, 4) is 0 Å². The quantitative estimate of drug-likeness (QED) is 0.932. The van der Waals surface area contributed by atoms with Crippen LogP contribution >= 0.6 is 15.9 Å². The Morgan fingerprint density at radius 1 is 1.28 bits per heavy atom. The number of nitrogens with zero attached hydrogens (tertiary/aromatic N) is 2. The van der Waals surface area contributed by atoms with Crippen LogP contribution in [0.25, 0.3) is 0 Å². The Morgan fingerprint density at radius 3 is 2.56 bits per heavy atom. The van der Waals surface area contributed by atoms with Gasteiger partial charge in [-0.05, 0) is 40.5 Å². The molecule has 6 nitrogen and oxygen atoms in total. The van der Waals surface area contributed by atoms with Gasteiger partial charge in [-0.3, -0.25) is 0 Å². The van der Waals surface area contributed by atoms with Crippen LogP contribution in [0.2, 0.25) is 0 Å². The average molecular weight is 332 g/mol. The third-order valence-corrected chi connectivity index (χ3v) is 4.42. The van der Waals surface area contributed by atoms with Crippen LogP contribution in [0.4, 0.5) is 6.01 Å². The van der Waals surface area contributed by atoms with Gasteiger partial charge in [-0.15, -0.1) is 5.10 Å². The zero-order valence-corrected chi connectivity index (χ0v) is 12.0. The van der Waals surface area contributed by atoms with Crippen LogP contribution < -0.4 is 4.72 Å². The zero-order valence-electron chi connectivity index (χ0n) is 9.64. The van der Waals surface area contributed by atoms with Crippen molar-refractivity contribution >= 4 is 32.0 Å². The molecule has 1 aromatic heterocycles. The highest BCUT2D eigenvalue weighted by atomic mass is 79.9. The minimum atomic E-state index is -3.74. The van der Waals surface area contributed by atoms with Gasteiger partial charge in [0.15, 0.2) is 0 Å². The Morgan fingerprint density at radius 2 is 2.00 bits per heavy atom. The first kappa shape index (κ1) is 13.0. The first-order chi connectivity index (χ1) is 8.38. The number of rotatable bonds is 3. The van der Waals surface area contributed by atoms with Gasteiger partial charge >= 0.3 is 6.01 Å². The number of hydrogen-bond donors (Lipinski definition) is 1. The second kappa shape index (κ2) is 4.69. The molecule has 0 amide bonds. The first-order valence-corrected chi connectivity index (χ1v) is 7.25. The summed E-state index contributed by atoms with van der Waals surface area (Å²) in [6.45, 7) is 3.45. The fraction of sp³-hybridized carbons (Fsp3) is 0.200. The van der Waals surface area contributed by atoms with Crippen molar-refractivity contribution in [3.63, 3.8) is 0 Å². The van der Waals surface area contributed by atoms with Crippen molar-refractivity contribution in [3.05, 3.63) is 34.1 Å². The zero-order chi connectivity index (χ0) is 13.3. The lowest BCUT2D eigenvalue weighted by atomic mass is 10.2. The van der Waals surface area contributed by atoms with Crippen molar-refractivity contribution in [2.45, 2.75) is 18.7 Å². The maximum absolute atomic E-state index is 12.1. The number of hydrogen-bond acceptors (Lipinski definition) is 5. The minimum absolute atomic E-state index is 0.115. The average Bonchev–Trinajstić information content (AvgIpc) is 2.62. The molecule has 1 N–H and O–H groups in total. The fourth-order valence-electron chi connectivity index (χ4n) is 1.33. The predicted molar refractivity (Wildman–Crippen MR) is 68.7 cm³/mol. The Bertz CT molecular complexity index is 681. The monoisotopic (exact) mass is 331 g/mol. The van der Waals surface area contributed by atoms with Crippen molar-refractivity contribution < 1.29 is 12.8 Å². The highest BCUT2D eigenvalue weighted by molar-refractivity contribution is 9.10. The summed E-state index contributed by atoms with van der Waals surface area (Å²) in [5, 5.41) is 7.13. The van der Waals surface area contributed by atoms with E-state index in [-0.39, 0.29) is 16.8 Å². The lowest BCUT2D eigenvalue weighted by Gasteiger charge is -2.06. The van der Waals surface area contributed by atoms with E-state index in [1.807, 2.05) is 6.92 Å². The molecule has 8 heteroatoms. The Kier molecular flexibility index (Phi) is 3.40. The molecule has 0 radical (unpaired) electrons. The van der Waals surface area contributed by atoms with Crippen LogP contribution in [0.3, 0.4) is 0 Å². The number of anilines is 1. The summed E-state index contributed by atoms with van der Waals surface area (Å²) in [5.74, 6) is 0.288. The van der Waals surface area contributed by atoms with Crippen LogP contribution in [0, 0.1) is 13.8 Å². The fourth-order valence-corrected chi connectivity index (χ4v) is 3.45. The summed E-state index contributed by atoms with van der Waals surface area (Å²) in [5.41, 5.74) is 0.953. The molecule has 0 aliphatic rings. The van der Waals surface area contributed by atoms with Gasteiger partial charge in [-0.25, -0.2) is 13.1 Å². The summed E-state index contributed by atoms with van der Waals surface area (Å²) in [6.07, 6.45) is 0. The van der Waals surface area contributed by atoms with E-state index in [4.69, 9.17) is 4.42 Å². The lowest BCUT2D eigenvalue weighted by Crippen LogP contribution is -2.13. The van der Waals surface area contributed by atoms with Gasteiger partial charge in [0.1, 0.15) is 4.90 Å². The van der Waals surface area contributed by atoms with E-state index in [2.05, 4.69) is 30.8 Å². The summed E-state index contributed by atoms with van der Waals surface area (Å²) in [6, 6.07) is 4.77. The standard InChI is InChI=1S/C10H10BrN3O3S/c1-6-3-4-9(8(11)5-6)18(15,16)14-10-13-12-7(2)17-10/h3-5H,1-2H3,(H,13,14). The third kappa shape index (κ3) is 2.70. The molecule has 1 aromatic carbocycles. The maximum Gasteiger partial charge on any atom is 0.329 e. The molecule has 0 saturated heterocycles. The number of aromatic nitrogens is 2. The SMILES string of the molecule is Cc1ccc(S(=O)(=O)Nc2nnc(C)o2)c(Br)c1. The number of aryl methyl sites for hydroxylation is 2. The van der Waals surface area contributed by atoms with E-state index >= 15 is 0 Å². The van der Waals surface area contributed by atoms with Crippen molar-refractivity contribution in [2.75, 3.05) is 4.72 Å². The Labute approximate surface area is 113 Å². The minimum Gasteiger partial charge on any atom is -0.408 e. The number of nitrogens with one attached hydrogen (secondary N) is 1. The molecule has 2 aromatic rings. The second-order valence-electron chi connectivity index (χ2n) is 3.67. The van der Waals surface area contributed by atoms with Gasteiger partial charge in [0.2, 0.25) is 5.89 Å². The van der Waals surface area contributed by atoms with Crippen LogP contribution in [-0.2, 0) is 10.0 Å². The molecule has 2 rings (SSSR count). The van der Waals surface area contributed by atoms with E-state index in [9.17, 15) is 8.42 Å². The number of benzene rings is 1. The highest BCUT2D eigenvalue weighted by Gasteiger charge is 2.20. The molecule has 96 valence electrons. The van der Waals surface area contributed by atoms with Gasteiger partial charge < -0.3 is 4.42 Å². The van der Waals surface area contributed by atoms with Crippen molar-refractivity contribution in [1.82, 2.24) is 10.2 Å². The topological polar surface area (TPSA) is 85.1 Å². The van der Waals surface area contributed by atoms with Crippen LogP contribution in [0.15, 0.2) is 32.0 Å². The molecule has 1 heterocycles. The van der Waals surface area contributed by atoms with Crippen LogP contribution in [-0.4, -0.2) is 18.6 Å². The Balaban J connectivity index is 2.36. The third-order valence-electron chi connectivity index (χ3n) is 2.12. The van der Waals surface area contributed by atoms with Crippen LogP contribution in [0.5, 0.6) is 0 Å². The molecule has 0 bridgehead atoms. The van der Waals surface area contributed by atoms with E-state index in [0.717, 1.165) is 5.56 Å². The maximum atomic E-state index is 12.1. The van der Waals surface area contributed by atoms with Gasteiger partial charge in [0.05, 0.1) is 0 Å². The highest BCUT2D eigenvalue weighted by Crippen LogP contribution is 2.24. The summed E-state index contributed by atoms with van der Waals surface area (Å²) >= 11 is 3.22. The molecule has 0 aliphatic heterocycles. The summed E-state index contributed by atoms with van der Waals surface area (Å²) < 4.78 is 31.8. The molecular weight excluding hydrogens is 322 g/mol. The molecule has 0 saturated carbocycles. The van der Waals surface area contributed by atoms with Crippen LogP contribution in [0.1, 0.15) is 11.5 Å². The van der Waals surface area contributed by atoms with Gasteiger partial charge in [0, 0.05) is 11.4 Å². The number of halogens is 1. The molecule has 18 heavy (non-hydrogen) atoms. The van der Waals surface area contributed by atoms with Crippen molar-refractivity contribution in [2.24, 2.45) is 0 Å². The van der Waals surface area contributed by atoms with Crippen molar-refractivity contribution in [1.29, 1.82) is 0 Å². The van der Waals surface area contributed by atoms with E-state index in [0.29, 0.717) is 4.47 Å². The smallest absolute Gasteiger partial charge is 0.329 e. The first-order valence-electron chi connectivity index (χ1n) is 4.97. The molecule has 0 atom stereocenters. The van der Waals surface area contributed by atoms with Gasteiger partial charge in [-0.1, -0.05) is 11.2 Å². The normalized spacial score (nSPS) is 11.5. The largest absolute Gasteiger partial charge is 0.408 e. The van der Waals surface area contributed by atoms with Gasteiger partial charge in [0.25, 0.3) is 10.0 Å². The summed E-state index contributed by atoms with van der Waals surface area (Å²) in [4.78, 5) is 0.115. The molecule has 0 aliphatic carbocycles. The molecular formula is C10H10BrN3O3S. The number of sulfonamides is 1. The second-order valence-corrected chi connectivity index (χ2v) is 6.17. The van der Waals surface area contributed by atoms with E-state index in [1.165, 1.54) is 6.07 Å². The predicted octanol–water partition coefficient (Wildman–Crippen LogP) is 2.25. The van der Waals surface area contributed by atoms with E-state index < -0.39 is 10.0 Å². The molecule has 0 unspecified atom stereocenters. The van der Waals surface area contributed by atoms with E-state index in [1.54, 1.807) is 19.1 Å². The lowest BCUT2D eigenvalue weighted by molar-refractivity contribution is 0.534. The van der Waals surface area contributed by atoms with Gasteiger partial charge in [-0.2, -0.15) is 0 Å².